The maximum Gasteiger partial charge on any atom is 0.416 e. The number of carboxylic acids is 1. The summed E-state index contributed by atoms with van der Waals surface area (Å²) in [6, 6.07) is 1.07. The van der Waals surface area contributed by atoms with Crippen LogP contribution in [0.4, 0.5) is 18.9 Å². The molecule has 12 heteroatoms. The lowest BCUT2D eigenvalue weighted by Gasteiger charge is -2.13. The van der Waals surface area contributed by atoms with Crippen molar-refractivity contribution in [2.45, 2.75) is 19.5 Å². The molecule has 2 rings (SSSR count). The highest BCUT2D eigenvalue weighted by atomic mass is 35.5. The van der Waals surface area contributed by atoms with Gasteiger partial charge < -0.3 is 5.11 Å². The first-order valence-electron chi connectivity index (χ1n) is 6.55. The molecule has 0 bridgehead atoms. The highest BCUT2D eigenvalue weighted by Crippen LogP contribution is 2.39. The molecule has 0 saturated carbocycles. The topological polar surface area (TPSA) is 98.3 Å². The third-order valence-corrected chi connectivity index (χ3v) is 3.78. The Morgan fingerprint density at radius 3 is 2.24 bits per heavy atom. The minimum Gasteiger partial charge on any atom is -0.476 e. The Bertz CT molecular complexity index is 857. The average molecular weight is 398 g/mol. The zero-order valence-corrected chi connectivity index (χ0v) is 13.8. The van der Waals surface area contributed by atoms with E-state index in [1.165, 1.54) is 6.92 Å². The minimum absolute atomic E-state index is 0.0134. The summed E-state index contributed by atoms with van der Waals surface area (Å²) in [5.74, 6) is -1.70. The lowest BCUT2D eigenvalue weighted by Crippen LogP contribution is -2.12. The summed E-state index contributed by atoms with van der Waals surface area (Å²) in [5.41, 5.74) is -3.35. The van der Waals surface area contributed by atoms with Gasteiger partial charge in [-0.05, 0) is 18.6 Å². The molecule has 0 aliphatic carbocycles. The van der Waals surface area contributed by atoms with Crippen LogP contribution in [0.15, 0.2) is 12.1 Å². The van der Waals surface area contributed by atoms with E-state index in [2.05, 4.69) is 5.10 Å². The van der Waals surface area contributed by atoms with E-state index < -0.39 is 49.7 Å². The number of aromatic carboxylic acids is 1. The van der Waals surface area contributed by atoms with Gasteiger partial charge in [0.15, 0.2) is 0 Å². The number of aromatic nitrogens is 2. The Balaban J connectivity index is 2.84. The molecule has 7 nitrogen and oxygen atoms in total. The fourth-order valence-electron chi connectivity index (χ4n) is 2.17. The first-order valence-corrected chi connectivity index (χ1v) is 7.30. The third-order valence-electron chi connectivity index (χ3n) is 3.21. The van der Waals surface area contributed by atoms with E-state index >= 15 is 0 Å². The van der Waals surface area contributed by atoms with Gasteiger partial charge in [-0.2, -0.15) is 18.3 Å². The first-order chi connectivity index (χ1) is 11.5. The monoisotopic (exact) mass is 397 g/mol. The van der Waals surface area contributed by atoms with Gasteiger partial charge in [-0.15, -0.1) is 0 Å². The highest BCUT2D eigenvalue weighted by Gasteiger charge is 2.36. The zero-order valence-electron chi connectivity index (χ0n) is 12.3. The molecular weight excluding hydrogens is 390 g/mol. The molecule has 1 N–H and O–H groups in total. The van der Waals surface area contributed by atoms with Crippen LogP contribution in [-0.2, 0) is 12.6 Å². The van der Waals surface area contributed by atoms with E-state index in [1.807, 2.05) is 0 Å². The van der Waals surface area contributed by atoms with E-state index in [1.54, 1.807) is 0 Å². The van der Waals surface area contributed by atoms with Gasteiger partial charge in [0, 0.05) is 0 Å². The number of hydrogen-bond donors (Lipinski definition) is 1. The van der Waals surface area contributed by atoms with Gasteiger partial charge in [0.25, 0.3) is 0 Å². The molecule has 1 heterocycles. The Hall–Kier alpha value is -2.33. The van der Waals surface area contributed by atoms with Crippen molar-refractivity contribution in [3.05, 3.63) is 49.2 Å². The zero-order chi connectivity index (χ0) is 19.1. The van der Waals surface area contributed by atoms with Gasteiger partial charge in [-0.1, -0.05) is 30.1 Å². The summed E-state index contributed by atoms with van der Waals surface area (Å²) in [5, 5.41) is 23.2. The number of aryl methyl sites for hydroxylation is 1. The lowest BCUT2D eigenvalue weighted by molar-refractivity contribution is -0.385. The molecule has 0 atom stereocenters. The molecule has 0 saturated heterocycles. The normalized spacial score (nSPS) is 11.6. The van der Waals surface area contributed by atoms with E-state index in [4.69, 9.17) is 23.2 Å². The Kier molecular flexibility index (Phi) is 4.96. The van der Waals surface area contributed by atoms with Crippen LogP contribution in [0, 0.1) is 10.1 Å². The van der Waals surface area contributed by atoms with Gasteiger partial charge in [-0.3, -0.25) is 10.1 Å². The van der Waals surface area contributed by atoms with Crippen molar-refractivity contribution < 1.29 is 28.0 Å². The smallest absolute Gasteiger partial charge is 0.416 e. The predicted molar refractivity (Wildman–Crippen MR) is 81.6 cm³/mol. The van der Waals surface area contributed by atoms with Crippen LogP contribution in [0.5, 0.6) is 0 Å². The van der Waals surface area contributed by atoms with Gasteiger partial charge in [0.1, 0.15) is 11.4 Å². The van der Waals surface area contributed by atoms with E-state index in [0.29, 0.717) is 16.8 Å². The Morgan fingerprint density at radius 2 is 1.88 bits per heavy atom. The standard InChI is InChI=1S/C13H8Cl2F3N3O4/c1-2-8-10(21(24)25)11(12(22)23)20(19-8)9-6(14)3-5(4-7(9)15)13(16,17)18/h3-4H,2H2,1H3,(H,22,23). The minimum atomic E-state index is -4.73. The van der Waals surface area contributed by atoms with Crippen molar-refractivity contribution >= 4 is 34.9 Å². The molecular formula is C13H8Cl2F3N3O4. The van der Waals surface area contributed by atoms with Crippen LogP contribution < -0.4 is 0 Å². The second-order valence-corrected chi connectivity index (χ2v) is 5.57. The number of halogens is 5. The van der Waals surface area contributed by atoms with Crippen LogP contribution >= 0.6 is 23.2 Å². The van der Waals surface area contributed by atoms with E-state index in [9.17, 15) is 33.2 Å². The maximum absolute atomic E-state index is 12.8. The molecule has 0 fully saturated rings. The number of rotatable bonds is 4. The number of nitro groups is 1. The molecule has 0 aliphatic heterocycles. The summed E-state index contributed by atoms with van der Waals surface area (Å²) >= 11 is 11.7. The molecule has 0 spiro atoms. The average Bonchev–Trinajstić information content (AvgIpc) is 2.85. The molecule has 134 valence electrons. The van der Waals surface area contributed by atoms with Crippen molar-refractivity contribution in [3.63, 3.8) is 0 Å². The molecule has 2 aromatic rings. The van der Waals surface area contributed by atoms with Crippen molar-refractivity contribution in [1.82, 2.24) is 9.78 Å². The second kappa shape index (κ2) is 6.52. The number of benzene rings is 1. The van der Waals surface area contributed by atoms with Crippen LogP contribution in [-0.4, -0.2) is 25.8 Å². The summed E-state index contributed by atoms with van der Waals surface area (Å²) in [6.07, 6.45) is -4.72. The number of carbonyl (C=O) groups is 1. The number of nitrogens with zero attached hydrogens (tertiary/aromatic N) is 3. The number of carboxylic acid groups (broad SMARTS) is 1. The molecule has 0 aliphatic rings. The highest BCUT2D eigenvalue weighted by molar-refractivity contribution is 6.38. The number of hydrogen-bond acceptors (Lipinski definition) is 4. The van der Waals surface area contributed by atoms with Crippen LogP contribution in [0.3, 0.4) is 0 Å². The van der Waals surface area contributed by atoms with Crippen molar-refractivity contribution in [2.75, 3.05) is 0 Å². The third kappa shape index (κ3) is 3.40. The van der Waals surface area contributed by atoms with Crippen LogP contribution in [0.2, 0.25) is 10.0 Å². The molecule has 0 amide bonds. The summed E-state index contributed by atoms with van der Waals surface area (Å²) in [6.45, 7) is 1.50. The molecule has 1 aromatic heterocycles. The Morgan fingerprint density at radius 1 is 1.36 bits per heavy atom. The molecule has 0 radical (unpaired) electrons. The summed E-state index contributed by atoms with van der Waals surface area (Å²) in [7, 11) is 0. The molecule has 25 heavy (non-hydrogen) atoms. The van der Waals surface area contributed by atoms with Crippen molar-refractivity contribution in [2.24, 2.45) is 0 Å². The van der Waals surface area contributed by atoms with Crippen LogP contribution in [0.25, 0.3) is 5.69 Å². The lowest BCUT2D eigenvalue weighted by atomic mass is 10.2. The largest absolute Gasteiger partial charge is 0.476 e. The molecule has 1 aromatic carbocycles. The van der Waals surface area contributed by atoms with Gasteiger partial charge in [0.2, 0.25) is 5.69 Å². The maximum atomic E-state index is 12.8. The fourth-order valence-corrected chi connectivity index (χ4v) is 2.82. The Labute approximate surface area is 147 Å². The van der Waals surface area contributed by atoms with Crippen molar-refractivity contribution in [1.29, 1.82) is 0 Å². The first kappa shape index (κ1) is 19.0. The van der Waals surface area contributed by atoms with Gasteiger partial charge in [0.05, 0.1) is 20.5 Å². The number of alkyl halides is 3. The van der Waals surface area contributed by atoms with E-state index in [0.717, 1.165) is 0 Å². The summed E-state index contributed by atoms with van der Waals surface area (Å²) < 4.78 is 39.0. The van der Waals surface area contributed by atoms with Crippen LogP contribution in [0.1, 0.15) is 28.7 Å². The van der Waals surface area contributed by atoms with Gasteiger partial charge in [-0.25, -0.2) is 9.48 Å². The second-order valence-electron chi connectivity index (χ2n) is 4.76. The van der Waals surface area contributed by atoms with E-state index in [-0.39, 0.29) is 12.1 Å². The van der Waals surface area contributed by atoms with Gasteiger partial charge >= 0.3 is 17.8 Å². The molecule has 0 unspecified atom stereocenters. The quantitative estimate of drug-likeness (QED) is 0.609. The SMILES string of the molecule is CCc1nn(-c2c(Cl)cc(C(F)(F)F)cc2Cl)c(C(=O)O)c1[N+](=O)[O-]. The predicted octanol–water partition coefficient (Wildman–Crippen LogP) is 4.37. The fraction of sp³-hybridized carbons (Fsp3) is 0.231. The van der Waals surface area contributed by atoms with Crippen molar-refractivity contribution in [3.8, 4) is 5.69 Å². The summed E-state index contributed by atoms with van der Waals surface area (Å²) in [4.78, 5) is 21.7.